The van der Waals surface area contributed by atoms with E-state index in [0.717, 1.165) is 5.75 Å². The Kier molecular flexibility index (Phi) is 4.62. The molecule has 1 aromatic heterocycles. The Morgan fingerprint density at radius 1 is 1.45 bits per heavy atom. The van der Waals surface area contributed by atoms with Crippen molar-refractivity contribution in [1.82, 2.24) is 4.98 Å². The van der Waals surface area contributed by atoms with E-state index >= 15 is 0 Å². The minimum atomic E-state index is -0.214. The van der Waals surface area contributed by atoms with Crippen molar-refractivity contribution in [2.75, 3.05) is 5.32 Å². The lowest BCUT2D eigenvalue weighted by atomic mass is 10.3. The van der Waals surface area contributed by atoms with Crippen LogP contribution in [-0.2, 0) is 0 Å². The summed E-state index contributed by atoms with van der Waals surface area (Å²) < 4.78 is 5.95. The van der Waals surface area contributed by atoms with Gasteiger partial charge in [0.05, 0.1) is 11.8 Å². The number of aryl methyl sites for hydroxylation is 1. The van der Waals surface area contributed by atoms with Gasteiger partial charge in [0.15, 0.2) is 4.47 Å². The first kappa shape index (κ1) is 14.8. The van der Waals surface area contributed by atoms with E-state index in [1.807, 2.05) is 32.0 Å². The third-order valence-electron chi connectivity index (χ3n) is 2.44. The van der Waals surface area contributed by atoms with Gasteiger partial charge in [-0.1, -0.05) is 29.0 Å². The summed E-state index contributed by atoms with van der Waals surface area (Å²) in [5, 5.41) is 2.82. The molecular formula is C14H15ClN2O2S. The average molecular weight is 311 g/mol. The second-order valence-electron chi connectivity index (χ2n) is 4.53. The molecule has 6 heteroatoms. The van der Waals surface area contributed by atoms with Crippen molar-refractivity contribution in [2.24, 2.45) is 0 Å². The molecule has 1 amide bonds. The van der Waals surface area contributed by atoms with E-state index in [1.54, 1.807) is 13.0 Å². The predicted octanol–water partition coefficient (Wildman–Crippen LogP) is 4.14. The van der Waals surface area contributed by atoms with Crippen molar-refractivity contribution in [2.45, 2.75) is 26.9 Å². The Morgan fingerprint density at radius 3 is 2.80 bits per heavy atom. The molecule has 0 bridgehead atoms. The molecule has 1 N–H and O–H groups in total. The number of aromatic nitrogens is 1. The number of thiazole rings is 1. The maximum atomic E-state index is 12.1. The van der Waals surface area contributed by atoms with Crippen LogP contribution in [0.3, 0.4) is 0 Å². The van der Waals surface area contributed by atoms with Gasteiger partial charge in [0.2, 0.25) is 0 Å². The highest BCUT2D eigenvalue weighted by molar-refractivity contribution is 7.17. The zero-order valence-corrected chi connectivity index (χ0v) is 13.0. The molecule has 2 rings (SSSR count). The van der Waals surface area contributed by atoms with Crippen LogP contribution in [0.1, 0.15) is 29.2 Å². The summed E-state index contributed by atoms with van der Waals surface area (Å²) in [6, 6.07) is 7.28. The molecule has 0 fully saturated rings. The lowest BCUT2D eigenvalue weighted by Gasteiger charge is -2.11. The summed E-state index contributed by atoms with van der Waals surface area (Å²) >= 11 is 6.97. The van der Waals surface area contributed by atoms with Crippen LogP contribution >= 0.6 is 22.9 Å². The number of carbonyl (C=O) groups excluding carboxylic acids is 1. The van der Waals surface area contributed by atoms with Gasteiger partial charge in [0.25, 0.3) is 5.91 Å². The van der Waals surface area contributed by atoms with Crippen LogP contribution in [0.5, 0.6) is 5.75 Å². The van der Waals surface area contributed by atoms with Crippen LogP contribution in [0.2, 0.25) is 4.47 Å². The number of amides is 1. The van der Waals surface area contributed by atoms with Gasteiger partial charge < -0.3 is 10.1 Å². The van der Waals surface area contributed by atoms with Crippen molar-refractivity contribution >= 4 is 34.5 Å². The number of rotatable bonds is 4. The highest BCUT2D eigenvalue weighted by Gasteiger charge is 2.14. The summed E-state index contributed by atoms with van der Waals surface area (Å²) in [5.74, 6) is 0.505. The van der Waals surface area contributed by atoms with E-state index in [2.05, 4.69) is 10.3 Å². The Balaban J connectivity index is 2.13. The second-order valence-corrected chi connectivity index (χ2v) is 6.11. The van der Waals surface area contributed by atoms with E-state index < -0.39 is 0 Å². The highest BCUT2D eigenvalue weighted by atomic mass is 35.5. The molecule has 0 saturated carbocycles. The van der Waals surface area contributed by atoms with Crippen LogP contribution in [0.4, 0.5) is 5.69 Å². The minimum Gasteiger partial charge on any atom is -0.491 e. The quantitative estimate of drug-likeness (QED) is 0.923. The minimum absolute atomic E-state index is 0.0866. The first-order valence-corrected chi connectivity index (χ1v) is 7.36. The molecule has 106 valence electrons. The van der Waals surface area contributed by atoms with Crippen LogP contribution in [0, 0.1) is 6.92 Å². The number of nitrogens with one attached hydrogen (secondary N) is 1. The summed E-state index contributed by atoms with van der Waals surface area (Å²) in [6.07, 6.45) is 0.0866. The summed E-state index contributed by atoms with van der Waals surface area (Å²) in [4.78, 5) is 16.7. The lowest BCUT2D eigenvalue weighted by molar-refractivity contribution is 0.103. The second kappa shape index (κ2) is 6.24. The Labute approximate surface area is 126 Å². The van der Waals surface area contributed by atoms with Gasteiger partial charge in [-0.05, 0) is 32.9 Å². The van der Waals surface area contributed by atoms with Gasteiger partial charge in [-0.25, -0.2) is 4.98 Å². The third-order valence-corrected chi connectivity index (χ3v) is 3.70. The van der Waals surface area contributed by atoms with Gasteiger partial charge in [0, 0.05) is 11.8 Å². The number of anilines is 1. The maximum absolute atomic E-state index is 12.1. The van der Waals surface area contributed by atoms with Crippen LogP contribution in [0.25, 0.3) is 0 Å². The molecule has 0 radical (unpaired) electrons. The van der Waals surface area contributed by atoms with Gasteiger partial charge in [-0.15, -0.1) is 0 Å². The molecule has 0 saturated heterocycles. The lowest BCUT2D eigenvalue weighted by Crippen LogP contribution is -2.12. The molecule has 1 heterocycles. The van der Waals surface area contributed by atoms with Gasteiger partial charge in [-0.3, -0.25) is 4.79 Å². The number of carbonyl (C=O) groups is 1. The van der Waals surface area contributed by atoms with Crippen molar-refractivity contribution < 1.29 is 9.53 Å². The zero-order chi connectivity index (χ0) is 14.7. The maximum Gasteiger partial charge on any atom is 0.267 e. The molecular weight excluding hydrogens is 296 g/mol. The molecule has 0 aliphatic rings. The normalized spacial score (nSPS) is 10.7. The number of hydrogen-bond acceptors (Lipinski definition) is 4. The number of halogens is 1. The summed E-state index contributed by atoms with van der Waals surface area (Å²) in [7, 11) is 0. The van der Waals surface area contributed by atoms with Crippen LogP contribution in [0.15, 0.2) is 24.3 Å². The number of nitrogens with zero attached hydrogens (tertiary/aromatic N) is 1. The largest absolute Gasteiger partial charge is 0.491 e. The molecule has 1 aromatic carbocycles. The van der Waals surface area contributed by atoms with E-state index in [1.165, 1.54) is 11.3 Å². The third kappa shape index (κ3) is 3.71. The molecule has 4 nitrogen and oxygen atoms in total. The molecule has 0 spiro atoms. The molecule has 0 aliphatic carbocycles. The first-order valence-electron chi connectivity index (χ1n) is 6.16. The van der Waals surface area contributed by atoms with Crippen LogP contribution in [-0.4, -0.2) is 17.0 Å². The molecule has 2 aromatic rings. The zero-order valence-electron chi connectivity index (χ0n) is 11.4. The summed E-state index contributed by atoms with van der Waals surface area (Å²) in [5.41, 5.74) is 1.31. The summed E-state index contributed by atoms with van der Waals surface area (Å²) in [6.45, 7) is 5.66. The van der Waals surface area contributed by atoms with Gasteiger partial charge in [-0.2, -0.15) is 0 Å². The Hall–Kier alpha value is -1.59. The van der Waals surface area contributed by atoms with Crippen molar-refractivity contribution in [3.05, 3.63) is 39.3 Å². The van der Waals surface area contributed by atoms with E-state index in [0.29, 0.717) is 20.7 Å². The fourth-order valence-corrected chi connectivity index (χ4v) is 2.73. The number of hydrogen-bond donors (Lipinski definition) is 1. The van der Waals surface area contributed by atoms with E-state index in [-0.39, 0.29) is 12.0 Å². The number of ether oxygens (including phenoxy) is 1. The van der Waals surface area contributed by atoms with E-state index in [4.69, 9.17) is 16.3 Å². The van der Waals surface area contributed by atoms with Crippen molar-refractivity contribution in [1.29, 1.82) is 0 Å². The smallest absolute Gasteiger partial charge is 0.267 e. The topological polar surface area (TPSA) is 51.2 Å². The molecule has 0 unspecified atom stereocenters. The molecule has 0 aliphatic heterocycles. The van der Waals surface area contributed by atoms with Crippen molar-refractivity contribution in [3.63, 3.8) is 0 Å². The fraction of sp³-hybridized carbons (Fsp3) is 0.286. The van der Waals surface area contributed by atoms with Crippen LogP contribution < -0.4 is 10.1 Å². The van der Waals surface area contributed by atoms with Crippen molar-refractivity contribution in [3.8, 4) is 5.75 Å². The SMILES string of the molecule is Cc1nc(Cl)sc1C(=O)Nc1cccc(OC(C)C)c1. The first-order chi connectivity index (χ1) is 9.45. The standard InChI is InChI=1S/C14H15ClN2O2S/c1-8(2)19-11-6-4-5-10(7-11)17-13(18)12-9(3)16-14(15)20-12/h4-8H,1-3H3,(H,17,18). The molecule has 0 atom stereocenters. The average Bonchev–Trinajstić information content (AvgIpc) is 2.68. The van der Waals surface area contributed by atoms with Gasteiger partial charge >= 0.3 is 0 Å². The Bertz CT molecular complexity index is 625. The van der Waals surface area contributed by atoms with Gasteiger partial charge in [0.1, 0.15) is 10.6 Å². The predicted molar refractivity (Wildman–Crippen MR) is 82.0 cm³/mol. The molecule has 20 heavy (non-hydrogen) atoms. The monoisotopic (exact) mass is 310 g/mol. The highest BCUT2D eigenvalue weighted by Crippen LogP contribution is 2.24. The number of benzene rings is 1. The Morgan fingerprint density at radius 2 is 2.20 bits per heavy atom. The fourth-order valence-electron chi connectivity index (χ4n) is 1.68. The van der Waals surface area contributed by atoms with E-state index in [9.17, 15) is 4.79 Å².